The van der Waals surface area contributed by atoms with Crippen molar-refractivity contribution in [2.24, 2.45) is 0 Å². The minimum atomic E-state index is -0.333. The molecule has 4 rings (SSSR count). The fraction of sp³-hybridized carbons (Fsp3) is 0.235. The molecule has 2 aromatic heterocycles. The maximum atomic E-state index is 12.1. The van der Waals surface area contributed by atoms with E-state index in [0.29, 0.717) is 6.61 Å². The molecule has 23 heavy (non-hydrogen) atoms. The molecule has 116 valence electrons. The van der Waals surface area contributed by atoms with Crippen LogP contribution in [0.5, 0.6) is 0 Å². The Morgan fingerprint density at radius 1 is 1.26 bits per heavy atom. The Morgan fingerprint density at radius 2 is 2.13 bits per heavy atom. The van der Waals surface area contributed by atoms with Gasteiger partial charge in [0.05, 0.1) is 11.0 Å². The van der Waals surface area contributed by atoms with Crippen LogP contribution in [0.3, 0.4) is 0 Å². The first kappa shape index (κ1) is 13.9. The van der Waals surface area contributed by atoms with E-state index in [-0.39, 0.29) is 12.0 Å². The molecule has 1 saturated heterocycles. The summed E-state index contributed by atoms with van der Waals surface area (Å²) in [6, 6.07) is 9.43. The van der Waals surface area contributed by atoms with Gasteiger partial charge in [0.1, 0.15) is 11.9 Å². The number of nitrogens with one attached hydrogen (secondary N) is 2. The summed E-state index contributed by atoms with van der Waals surface area (Å²) < 4.78 is 5.40. The number of imidazole rings is 1. The molecule has 1 atom stereocenters. The number of pyridine rings is 1. The number of nitrogens with zero attached hydrogens (tertiary/aromatic N) is 2. The van der Waals surface area contributed by atoms with Gasteiger partial charge in [-0.25, -0.2) is 4.98 Å². The predicted molar refractivity (Wildman–Crippen MR) is 86.9 cm³/mol. The number of carbonyl (C=O) groups excluding carboxylic acids is 1. The van der Waals surface area contributed by atoms with E-state index in [2.05, 4.69) is 20.3 Å². The third-order valence-electron chi connectivity index (χ3n) is 3.93. The smallest absolute Gasteiger partial charge is 0.253 e. The molecule has 3 heterocycles. The first-order valence-electron chi connectivity index (χ1n) is 7.62. The Hall–Kier alpha value is -2.73. The van der Waals surface area contributed by atoms with Crippen LogP contribution in [0.15, 0.2) is 42.7 Å². The number of carbonyl (C=O) groups is 1. The van der Waals surface area contributed by atoms with Crippen molar-refractivity contribution in [3.05, 3.63) is 42.7 Å². The summed E-state index contributed by atoms with van der Waals surface area (Å²) in [4.78, 5) is 24.0. The van der Waals surface area contributed by atoms with E-state index in [9.17, 15) is 4.79 Å². The lowest BCUT2D eigenvalue weighted by Gasteiger charge is -2.10. The number of aromatic nitrogens is 3. The molecule has 1 aliphatic rings. The molecular weight excluding hydrogens is 292 g/mol. The third kappa shape index (κ3) is 2.80. The Morgan fingerprint density at radius 3 is 2.91 bits per heavy atom. The fourth-order valence-electron chi connectivity index (χ4n) is 2.74. The van der Waals surface area contributed by atoms with Gasteiger partial charge in [-0.15, -0.1) is 0 Å². The van der Waals surface area contributed by atoms with Crippen LogP contribution in [0.25, 0.3) is 22.4 Å². The van der Waals surface area contributed by atoms with Gasteiger partial charge in [-0.1, -0.05) is 0 Å². The van der Waals surface area contributed by atoms with Gasteiger partial charge in [0.25, 0.3) is 5.91 Å². The van der Waals surface area contributed by atoms with Crippen molar-refractivity contribution in [3.8, 4) is 11.4 Å². The Balaban J connectivity index is 1.59. The highest BCUT2D eigenvalue weighted by Crippen LogP contribution is 2.23. The summed E-state index contributed by atoms with van der Waals surface area (Å²) in [6.45, 7) is 0.660. The quantitative estimate of drug-likeness (QED) is 0.779. The number of rotatable bonds is 3. The van der Waals surface area contributed by atoms with E-state index in [4.69, 9.17) is 4.74 Å². The number of anilines is 1. The molecule has 1 unspecified atom stereocenters. The highest BCUT2D eigenvalue weighted by molar-refractivity contribution is 5.96. The van der Waals surface area contributed by atoms with Crippen LogP contribution in [0.2, 0.25) is 0 Å². The van der Waals surface area contributed by atoms with Crippen LogP contribution < -0.4 is 5.32 Å². The molecule has 0 bridgehead atoms. The van der Waals surface area contributed by atoms with Crippen LogP contribution >= 0.6 is 0 Å². The van der Waals surface area contributed by atoms with Gasteiger partial charge in [-0.3, -0.25) is 9.78 Å². The van der Waals surface area contributed by atoms with Gasteiger partial charge in [0.15, 0.2) is 0 Å². The van der Waals surface area contributed by atoms with E-state index in [0.717, 1.165) is 41.0 Å². The van der Waals surface area contributed by atoms with Gasteiger partial charge < -0.3 is 15.0 Å². The monoisotopic (exact) mass is 308 g/mol. The molecule has 1 amide bonds. The zero-order chi connectivity index (χ0) is 15.6. The molecule has 3 aromatic rings. The number of H-pyrrole nitrogens is 1. The average Bonchev–Trinajstić information content (AvgIpc) is 3.25. The summed E-state index contributed by atoms with van der Waals surface area (Å²) in [7, 11) is 0. The van der Waals surface area contributed by atoms with Crippen molar-refractivity contribution in [2.75, 3.05) is 11.9 Å². The minimum Gasteiger partial charge on any atom is -0.368 e. The van der Waals surface area contributed by atoms with Crippen LogP contribution in [-0.2, 0) is 9.53 Å². The van der Waals surface area contributed by atoms with E-state index < -0.39 is 0 Å². The van der Waals surface area contributed by atoms with Crippen molar-refractivity contribution in [1.29, 1.82) is 0 Å². The SMILES string of the molecule is O=C(Nc1ccc2nc(-c3ccncc3)[nH]c2c1)C1CCCO1. The average molecular weight is 308 g/mol. The Kier molecular flexibility index (Phi) is 3.51. The van der Waals surface area contributed by atoms with Crippen molar-refractivity contribution in [2.45, 2.75) is 18.9 Å². The summed E-state index contributed by atoms with van der Waals surface area (Å²) in [5.41, 5.74) is 3.44. The number of ether oxygens (including phenoxy) is 1. The lowest BCUT2D eigenvalue weighted by molar-refractivity contribution is -0.124. The van der Waals surface area contributed by atoms with E-state index in [1.54, 1.807) is 12.4 Å². The molecule has 0 aliphatic carbocycles. The number of fused-ring (bicyclic) bond motifs is 1. The molecule has 6 nitrogen and oxygen atoms in total. The lowest BCUT2D eigenvalue weighted by atomic mass is 10.2. The van der Waals surface area contributed by atoms with Crippen LogP contribution in [0, 0.1) is 0 Å². The molecule has 6 heteroatoms. The normalized spacial score (nSPS) is 17.5. The first-order chi connectivity index (χ1) is 11.3. The van der Waals surface area contributed by atoms with Gasteiger partial charge in [-0.2, -0.15) is 0 Å². The Bertz CT molecular complexity index is 838. The van der Waals surface area contributed by atoms with E-state index in [1.165, 1.54) is 0 Å². The third-order valence-corrected chi connectivity index (χ3v) is 3.93. The lowest BCUT2D eigenvalue weighted by Crippen LogP contribution is -2.26. The zero-order valence-electron chi connectivity index (χ0n) is 12.5. The van der Waals surface area contributed by atoms with Gasteiger partial charge in [0, 0.05) is 30.3 Å². The topological polar surface area (TPSA) is 79.9 Å². The second-order valence-corrected chi connectivity index (χ2v) is 5.54. The van der Waals surface area contributed by atoms with Crippen molar-refractivity contribution < 1.29 is 9.53 Å². The maximum absolute atomic E-state index is 12.1. The molecule has 0 spiro atoms. The highest BCUT2D eigenvalue weighted by Gasteiger charge is 2.23. The van der Waals surface area contributed by atoms with Gasteiger partial charge in [-0.05, 0) is 43.2 Å². The largest absolute Gasteiger partial charge is 0.368 e. The van der Waals surface area contributed by atoms with E-state index in [1.807, 2.05) is 30.3 Å². The van der Waals surface area contributed by atoms with E-state index >= 15 is 0 Å². The number of amides is 1. The number of hydrogen-bond donors (Lipinski definition) is 2. The summed E-state index contributed by atoms with van der Waals surface area (Å²) in [5.74, 6) is 0.695. The predicted octanol–water partition coefficient (Wildman–Crippen LogP) is 2.74. The first-order valence-corrected chi connectivity index (χ1v) is 7.62. The summed E-state index contributed by atoms with van der Waals surface area (Å²) >= 11 is 0. The van der Waals surface area contributed by atoms with Gasteiger partial charge in [0.2, 0.25) is 0 Å². The number of benzene rings is 1. The van der Waals surface area contributed by atoms with Gasteiger partial charge >= 0.3 is 0 Å². The maximum Gasteiger partial charge on any atom is 0.253 e. The number of aromatic amines is 1. The molecule has 2 N–H and O–H groups in total. The van der Waals surface area contributed by atoms with Crippen LogP contribution in [0.1, 0.15) is 12.8 Å². The second kappa shape index (κ2) is 5.81. The number of hydrogen-bond acceptors (Lipinski definition) is 4. The van der Waals surface area contributed by atoms with Crippen molar-refractivity contribution in [1.82, 2.24) is 15.0 Å². The van der Waals surface area contributed by atoms with Crippen LogP contribution in [-0.4, -0.2) is 33.6 Å². The molecule has 1 aliphatic heterocycles. The zero-order valence-corrected chi connectivity index (χ0v) is 12.5. The standard InChI is InChI=1S/C17H16N4O2/c22-17(15-2-1-9-23-15)19-12-3-4-13-14(10-12)21-16(20-13)11-5-7-18-8-6-11/h3-8,10,15H,1-2,9H2,(H,19,22)(H,20,21). The van der Waals surface area contributed by atoms with Crippen molar-refractivity contribution >= 4 is 22.6 Å². The Labute approximate surface area is 132 Å². The molecule has 0 radical (unpaired) electrons. The molecular formula is C17H16N4O2. The molecule has 0 saturated carbocycles. The summed E-state index contributed by atoms with van der Waals surface area (Å²) in [5, 5.41) is 2.90. The fourth-order valence-corrected chi connectivity index (χ4v) is 2.74. The molecule has 1 fully saturated rings. The molecule has 1 aromatic carbocycles. The highest BCUT2D eigenvalue weighted by atomic mass is 16.5. The van der Waals surface area contributed by atoms with Crippen molar-refractivity contribution in [3.63, 3.8) is 0 Å². The summed E-state index contributed by atoms with van der Waals surface area (Å²) in [6.07, 6.45) is 4.85. The van der Waals surface area contributed by atoms with Crippen LogP contribution in [0.4, 0.5) is 5.69 Å². The minimum absolute atomic E-state index is 0.0873. The second-order valence-electron chi connectivity index (χ2n) is 5.54.